The lowest BCUT2D eigenvalue weighted by atomic mass is 9.74. The van der Waals surface area contributed by atoms with E-state index in [-0.39, 0.29) is 17.8 Å². The maximum atomic E-state index is 12.1. The second-order valence-electron chi connectivity index (χ2n) is 5.20. The fourth-order valence-electron chi connectivity index (χ4n) is 2.88. The van der Waals surface area contributed by atoms with Gasteiger partial charge in [0.15, 0.2) is 0 Å². The van der Waals surface area contributed by atoms with Crippen molar-refractivity contribution in [1.82, 2.24) is 0 Å². The Morgan fingerprint density at radius 2 is 2.05 bits per heavy atom. The van der Waals surface area contributed by atoms with Crippen molar-refractivity contribution in [3.05, 3.63) is 35.9 Å². The molecule has 19 heavy (non-hydrogen) atoms. The smallest absolute Gasteiger partial charge is 0.305 e. The van der Waals surface area contributed by atoms with Gasteiger partial charge in [-0.05, 0) is 30.7 Å². The quantitative estimate of drug-likeness (QED) is 0.782. The van der Waals surface area contributed by atoms with Crippen molar-refractivity contribution in [3.63, 3.8) is 0 Å². The number of hydrogen-bond acceptors (Lipinski definition) is 3. The zero-order valence-corrected chi connectivity index (χ0v) is 11.3. The number of benzene rings is 1. The molecule has 2 atom stereocenters. The number of carbonyl (C=O) groups excluding carboxylic acids is 2. The van der Waals surface area contributed by atoms with Gasteiger partial charge in [-0.15, -0.1) is 0 Å². The van der Waals surface area contributed by atoms with Crippen LogP contribution in [-0.2, 0) is 20.7 Å². The highest BCUT2D eigenvalue weighted by Gasteiger charge is 2.33. The molecule has 1 aromatic rings. The number of Topliss-reactive ketones (excluding diaryl/α,β-unsaturated/α-hetero) is 1. The fraction of sp³-hybridized carbons (Fsp3) is 0.500. The third-order valence-electron chi connectivity index (χ3n) is 3.94. The molecule has 1 aromatic carbocycles. The van der Waals surface area contributed by atoms with Crippen molar-refractivity contribution in [3.8, 4) is 0 Å². The predicted octanol–water partition coefficient (Wildman–Crippen LogP) is 2.78. The van der Waals surface area contributed by atoms with Crippen LogP contribution in [0.3, 0.4) is 0 Å². The molecule has 0 saturated heterocycles. The first-order chi connectivity index (χ1) is 9.20. The normalized spacial score (nSPS) is 23.1. The van der Waals surface area contributed by atoms with E-state index < -0.39 is 0 Å². The predicted molar refractivity (Wildman–Crippen MR) is 72.6 cm³/mol. The number of ether oxygens (including phenoxy) is 1. The summed E-state index contributed by atoms with van der Waals surface area (Å²) in [6.45, 7) is 0. The van der Waals surface area contributed by atoms with E-state index in [2.05, 4.69) is 0 Å². The summed E-state index contributed by atoms with van der Waals surface area (Å²) in [4.78, 5) is 23.6. The Balaban J connectivity index is 2.08. The molecule has 0 aliphatic heterocycles. The molecule has 0 aromatic heterocycles. The molecule has 102 valence electrons. The molecule has 0 radical (unpaired) electrons. The summed E-state index contributed by atoms with van der Waals surface area (Å²) in [6, 6.07) is 10.0. The number of carbonyl (C=O) groups is 2. The molecular weight excluding hydrogens is 240 g/mol. The van der Waals surface area contributed by atoms with E-state index in [0.717, 1.165) is 24.8 Å². The fourth-order valence-corrected chi connectivity index (χ4v) is 2.88. The first-order valence-corrected chi connectivity index (χ1v) is 6.84. The van der Waals surface area contributed by atoms with Crippen molar-refractivity contribution >= 4 is 11.8 Å². The van der Waals surface area contributed by atoms with Crippen LogP contribution in [0.4, 0.5) is 0 Å². The minimum Gasteiger partial charge on any atom is -0.469 e. The molecular formula is C16H20O3. The topological polar surface area (TPSA) is 43.4 Å². The van der Waals surface area contributed by atoms with Gasteiger partial charge in [-0.1, -0.05) is 30.3 Å². The number of hydrogen-bond donors (Lipinski definition) is 0. The number of esters is 1. The van der Waals surface area contributed by atoms with Gasteiger partial charge < -0.3 is 4.74 Å². The van der Waals surface area contributed by atoms with Crippen LogP contribution in [0.5, 0.6) is 0 Å². The lowest BCUT2D eigenvalue weighted by molar-refractivity contribution is -0.143. The third kappa shape index (κ3) is 3.66. The lowest BCUT2D eigenvalue weighted by Crippen LogP contribution is -2.32. The Morgan fingerprint density at radius 1 is 1.32 bits per heavy atom. The second kappa shape index (κ2) is 6.50. The molecule has 1 fully saturated rings. The molecule has 0 N–H and O–H groups in total. The van der Waals surface area contributed by atoms with Gasteiger partial charge in [0.05, 0.1) is 7.11 Å². The third-order valence-corrected chi connectivity index (χ3v) is 3.94. The van der Waals surface area contributed by atoms with Gasteiger partial charge in [0.2, 0.25) is 0 Å². The molecule has 0 amide bonds. The van der Waals surface area contributed by atoms with E-state index in [1.807, 2.05) is 30.3 Å². The average molecular weight is 260 g/mol. The zero-order chi connectivity index (χ0) is 13.7. The van der Waals surface area contributed by atoms with Crippen molar-refractivity contribution < 1.29 is 14.3 Å². The number of ketones is 1. The SMILES string of the molecule is COC(=O)C[C@H]1CCCC(=O)[C@@H]1Cc1ccccc1. The lowest BCUT2D eigenvalue weighted by Gasteiger charge is -2.29. The monoisotopic (exact) mass is 260 g/mol. The van der Waals surface area contributed by atoms with Gasteiger partial charge in [0, 0.05) is 18.8 Å². The summed E-state index contributed by atoms with van der Waals surface area (Å²) in [6.07, 6.45) is 3.58. The highest BCUT2D eigenvalue weighted by Crippen LogP contribution is 2.32. The van der Waals surface area contributed by atoms with Gasteiger partial charge in [0.1, 0.15) is 5.78 Å². The maximum Gasteiger partial charge on any atom is 0.305 e. The molecule has 3 heteroatoms. The van der Waals surface area contributed by atoms with Crippen molar-refractivity contribution in [2.75, 3.05) is 7.11 Å². The number of methoxy groups -OCH3 is 1. The Labute approximate surface area is 114 Å². The zero-order valence-electron chi connectivity index (χ0n) is 11.3. The van der Waals surface area contributed by atoms with Gasteiger partial charge in [-0.25, -0.2) is 0 Å². The first-order valence-electron chi connectivity index (χ1n) is 6.84. The average Bonchev–Trinajstić information content (AvgIpc) is 2.43. The molecule has 0 heterocycles. The van der Waals surface area contributed by atoms with Crippen molar-refractivity contribution in [1.29, 1.82) is 0 Å². The second-order valence-corrected chi connectivity index (χ2v) is 5.20. The van der Waals surface area contributed by atoms with Gasteiger partial charge in [-0.3, -0.25) is 9.59 Å². The Kier molecular flexibility index (Phi) is 4.72. The van der Waals surface area contributed by atoms with E-state index in [0.29, 0.717) is 18.6 Å². The summed E-state index contributed by atoms with van der Waals surface area (Å²) in [5.74, 6) is 0.186. The van der Waals surface area contributed by atoms with E-state index >= 15 is 0 Å². The van der Waals surface area contributed by atoms with Crippen molar-refractivity contribution in [2.45, 2.75) is 32.1 Å². The highest BCUT2D eigenvalue weighted by molar-refractivity contribution is 5.83. The van der Waals surface area contributed by atoms with Gasteiger partial charge >= 0.3 is 5.97 Å². The van der Waals surface area contributed by atoms with Gasteiger partial charge in [-0.2, -0.15) is 0 Å². The van der Waals surface area contributed by atoms with Crippen LogP contribution in [0.1, 0.15) is 31.2 Å². The first kappa shape index (κ1) is 13.8. The van der Waals surface area contributed by atoms with Crippen LogP contribution in [-0.4, -0.2) is 18.9 Å². The molecule has 1 saturated carbocycles. The summed E-state index contributed by atoms with van der Waals surface area (Å²) >= 11 is 0. The number of rotatable bonds is 4. The molecule has 1 aliphatic rings. The summed E-state index contributed by atoms with van der Waals surface area (Å²) < 4.78 is 4.74. The highest BCUT2D eigenvalue weighted by atomic mass is 16.5. The summed E-state index contributed by atoms with van der Waals surface area (Å²) in [7, 11) is 1.40. The van der Waals surface area contributed by atoms with Crippen LogP contribution in [0.15, 0.2) is 30.3 Å². The maximum absolute atomic E-state index is 12.1. The summed E-state index contributed by atoms with van der Waals surface area (Å²) in [5.41, 5.74) is 1.16. The van der Waals surface area contributed by atoms with E-state index in [1.165, 1.54) is 7.11 Å². The van der Waals surface area contributed by atoms with E-state index in [1.54, 1.807) is 0 Å². The van der Waals surface area contributed by atoms with Gasteiger partial charge in [0.25, 0.3) is 0 Å². The minimum absolute atomic E-state index is 0.0322. The molecule has 3 nitrogen and oxygen atoms in total. The molecule has 1 aliphatic carbocycles. The van der Waals surface area contributed by atoms with Crippen LogP contribution in [0.25, 0.3) is 0 Å². The Hall–Kier alpha value is -1.64. The van der Waals surface area contributed by atoms with Crippen LogP contribution < -0.4 is 0 Å². The molecule has 2 rings (SSSR count). The minimum atomic E-state index is -0.210. The summed E-state index contributed by atoms with van der Waals surface area (Å²) in [5, 5.41) is 0. The van der Waals surface area contributed by atoms with Crippen LogP contribution in [0.2, 0.25) is 0 Å². The van der Waals surface area contributed by atoms with E-state index in [4.69, 9.17) is 4.74 Å². The molecule has 0 spiro atoms. The van der Waals surface area contributed by atoms with Crippen LogP contribution >= 0.6 is 0 Å². The van der Waals surface area contributed by atoms with Crippen LogP contribution in [0, 0.1) is 11.8 Å². The largest absolute Gasteiger partial charge is 0.469 e. The Morgan fingerprint density at radius 3 is 2.74 bits per heavy atom. The molecule has 0 unspecified atom stereocenters. The Bertz CT molecular complexity index is 439. The molecule has 0 bridgehead atoms. The van der Waals surface area contributed by atoms with Crippen molar-refractivity contribution in [2.24, 2.45) is 11.8 Å². The van der Waals surface area contributed by atoms with E-state index in [9.17, 15) is 9.59 Å². The standard InChI is InChI=1S/C16H20O3/c1-19-16(18)11-13-8-5-9-15(17)14(13)10-12-6-3-2-4-7-12/h2-4,6-7,13-14H,5,8-11H2,1H3/t13-,14-/m1/s1.